The Bertz CT molecular complexity index is 309. The van der Waals surface area contributed by atoms with Crippen LogP contribution < -0.4 is 9.31 Å². The first-order valence-corrected chi connectivity index (χ1v) is 3.89. The van der Waals surface area contributed by atoms with Gasteiger partial charge in [0.1, 0.15) is 11.5 Å². The first-order valence-electron chi connectivity index (χ1n) is 3.89. The van der Waals surface area contributed by atoms with Crippen LogP contribution in [0.25, 0.3) is 0 Å². The Balaban J connectivity index is 2.32. The lowest BCUT2D eigenvalue weighted by Gasteiger charge is -2.00. The molecule has 12 heavy (non-hydrogen) atoms. The Kier molecular flexibility index (Phi) is 1.78. The van der Waals surface area contributed by atoms with E-state index in [1.165, 1.54) is 5.56 Å². The van der Waals surface area contributed by atoms with Crippen LogP contribution in [0.2, 0.25) is 0 Å². The fourth-order valence-corrected chi connectivity index (χ4v) is 1.23. The van der Waals surface area contributed by atoms with E-state index in [1.807, 2.05) is 24.3 Å². The van der Waals surface area contributed by atoms with E-state index in [9.17, 15) is 0 Å². The Morgan fingerprint density at radius 2 is 2.17 bits per heavy atom. The molecule has 0 N–H and O–H groups in total. The number of fused-ring (bicyclic) bond motifs is 1. The van der Waals surface area contributed by atoms with Gasteiger partial charge in [0.15, 0.2) is 0 Å². The van der Waals surface area contributed by atoms with Gasteiger partial charge in [0, 0.05) is 0 Å². The van der Waals surface area contributed by atoms with E-state index in [0.29, 0.717) is 7.69 Å². The first-order chi connectivity index (χ1) is 5.90. The molecule has 0 unspecified atom stereocenters. The Morgan fingerprint density at radius 1 is 1.33 bits per heavy atom. The highest BCUT2D eigenvalue weighted by atomic mass is 16.6. The SMILES string of the molecule is C=CCc1ccc2c(c1)OBO2. The lowest BCUT2D eigenvalue weighted by atomic mass is 10.1. The highest BCUT2D eigenvalue weighted by Gasteiger charge is 2.14. The predicted molar refractivity (Wildman–Crippen MR) is 48.7 cm³/mol. The molecular weight excluding hydrogens is 151 g/mol. The van der Waals surface area contributed by atoms with Gasteiger partial charge in [-0.3, -0.25) is 0 Å². The number of rotatable bonds is 2. The third kappa shape index (κ3) is 1.18. The van der Waals surface area contributed by atoms with Crippen LogP contribution in [-0.4, -0.2) is 7.69 Å². The van der Waals surface area contributed by atoms with Gasteiger partial charge < -0.3 is 9.31 Å². The summed E-state index contributed by atoms with van der Waals surface area (Å²) in [6.45, 7) is 3.68. The minimum Gasteiger partial charge on any atom is -0.526 e. The van der Waals surface area contributed by atoms with E-state index in [0.717, 1.165) is 17.9 Å². The fraction of sp³-hybridized carbons (Fsp3) is 0.111. The molecule has 1 aliphatic heterocycles. The van der Waals surface area contributed by atoms with Crippen molar-refractivity contribution in [3.05, 3.63) is 36.4 Å². The zero-order valence-corrected chi connectivity index (χ0v) is 6.75. The molecule has 0 aromatic heterocycles. The summed E-state index contributed by atoms with van der Waals surface area (Å²) in [5.74, 6) is 1.68. The predicted octanol–water partition coefficient (Wildman–Crippen LogP) is 1.45. The minimum absolute atomic E-state index is 0.340. The molecule has 0 spiro atoms. The zero-order chi connectivity index (χ0) is 8.39. The van der Waals surface area contributed by atoms with Crippen molar-refractivity contribution in [3.63, 3.8) is 0 Å². The molecule has 0 saturated carbocycles. The van der Waals surface area contributed by atoms with Crippen molar-refractivity contribution in [2.75, 3.05) is 0 Å². The van der Waals surface area contributed by atoms with Gasteiger partial charge in [0.25, 0.3) is 0 Å². The largest absolute Gasteiger partial charge is 0.576 e. The average Bonchev–Trinajstić information content (AvgIpc) is 2.51. The van der Waals surface area contributed by atoms with E-state index in [2.05, 4.69) is 6.58 Å². The first kappa shape index (κ1) is 7.28. The van der Waals surface area contributed by atoms with E-state index in [-0.39, 0.29) is 0 Å². The molecule has 2 rings (SSSR count). The van der Waals surface area contributed by atoms with E-state index < -0.39 is 0 Å². The number of benzene rings is 1. The van der Waals surface area contributed by atoms with Crippen molar-refractivity contribution in [2.24, 2.45) is 0 Å². The summed E-state index contributed by atoms with van der Waals surface area (Å²) in [5, 5.41) is 0. The van der Waals surface area contributed by atoms with Gasteiger partial charge in [-0.15, -0.1) is 6.58 Å². The monoisotopic (exact) mass is 160 g/mol. The van der Waals surface area contributed by atoms with Crippen LogP contribution in [0.4, 0.5) is 0 Å². The molecule has 0 bridgehead atoms. The fourth-order valence-electron chi connectivity index (χ4n) is 1.23. The molecule has 0 amide bonds. The maximum atomic E-state index is 5.23. The third-order valence-corrected chi connectivity index (χ3v) is 1.82. The van der Waals surface area contributed by atoms with Crippen molar-refractivity contribution in [3.8, 4) is 11.5 Å². The molecule has 3 heteroatoms. The van der Waals surface area contributed by atoms with Gasteiger partial charge in [0.2, 0.25) is 0 Å². The van der Waals surface area contributed by atoms with Crippen molar-refractivity contribution in [1.82, 2.24) is 0 Å². The highest BCUT2D eigenvalue weighted by Crippen LogP contribution is 2.31. The normalized spacial score (nSPS) is 12.3. The number of hydrogen-bond donors (Lipinski definition) is 0. The standard InChI is InChI=1S/C9H9BO2/c1-2-3-7-4-5-8-9(6-7)12-10-11-8/h2,4-6,10H,1,3H2. The molecule has 0 atom stereocenters. The lowest BCUT2D eigenvalue weighted by molar-refractivity contribution is 0.541. The van der Waals surface area contributed by atoms with Crippen LogP contribution in [0, 0.1) is 0 Å². The van der Waals surface area contributed by atoms with Crippen molar-refractivity contribution in [2.45, 2.75) is 6.42 Å². The van der Waals surface area contributed by atoms with Gasteiger partial charge in [-0.1, -0.05) is 12.1 Å². The Morgan fingerprint density at radius 3 is 3.00 bits per heavy atom. The van der Waals surface area contributed by atoms with Crippen molar-refractivity contribution in [1.29, 1.82) is 0 Å². The van der Waals surface area contributed by atoms with Gasteiger partial charge in [-0.2, -0.15) is 0 Å². The molecule has 0 fully saturated rings. The van der Waals surface area contributed by atoms with Crippen LogP contribution in [-0.2, 0) is 6.42 Å². The van der Waals surface area contributed by atoms with E-state index >= 15 is 0 Å². The molecular formula is C9H9BO2. The number of hydrogen-bond acceptors (Lipinski definition) is 2. The maximum Gasteiger partial charge on any atom is 0.576 e. The van der Waals surface area contributed by atoms with Crippen molar-refractivity contribution >= 4 is 7.69 Å². The second kappa shape index (κ2) is 2.93. The van der Waals surface area contributed by atoms with Gasteiger partial charge in [0.05, 0.1) is 0 Å². The molecule has 0 saturated heterocycles. The summed E-state index contributed by atoms with van der Waals surface area (Å²) in [6.07, 6.45) is 2.74. The van der Waals surface area contributed by atoms with Gasteiger partial charge in [-0.25, -0.2) is 0 Å². The average molecular weight is 160 g/mol. The van der Waals surface area contributed by atoms with Crippen molar-refractivity contribution < 1.29 is 9.31 Å². The van der Waals surface area contributed by atoms with E-state index in [4.69, 9.17) is 9.31 Å². The summed E-state index contributed by atoms with van der Waals surface area (Å²) in [7, 11) is 0.340. The smallest absolute Gasteiger partial charge is 0.526 e. The molecule has 1 aromatic rings. The highest BCUT2D eigenvalue weighted by molar-refractivity contribution is 6.22. The quantitative estimate of drug-likeness (QED) is 0.481. The zero-order valence-electron chi connectivity index (χ0n) is 6.75. The summed E-state index contributed by atoms with van der Waals surface area (Å²) in [5.41, 5.74) is 1.20. The summed E-state index contributed by atoms with van der Waals surface area (Å²) in [4.78, 5) is 0. The van der Waals surface area contributed by atoms with Crippen LogP contribution in [0.1, 0.15) is 5.56 Å². The molecule has 60 valence electrons. The van der Waals surface area contributed by atoms with Gasteiger partial charge in [-0.05, 0) is 24.1 Å². The van der Waals surface area contributed by atoms with Crippen LogP contribution in [0.3, 0.4) is 0 Å². The Labute approximate surface area is 72.1 Å². The third-order valence-electron chi connectivity index (χ3n) is 1.82. The maximum absolute atomic E-state index is 5.23. The van der Waals surface area contributed by atoms with E-state index in [1.54, 1.807) is 0 Å². The van der Waals surface area contributed by atoms with Crippen LogP contribution in [0.5, 0.6) is 11.5 Å². The molecule has 1 aromatic carbocycles. The minimum atomic E-state index is 0.340. The lowest BCUT2D eigenvalue weighted by Crippen LogP contribution is -1.99. The van der Waals surface area contributed by atoms with Crippen LogP contribution in [0.15, 0.2) is 30.9 Å². The summed E-state index contributed by atoms with van der Waals surface area (Å²) >= 11 is 0. The molecule has 2 nitrogen and oxygen atoms in total. The molecule has 1 heterocycles. The Hall–Kier alpha value is -1.38. The summed E-state index contributed by atoms with van der Waals surface area (Å²) in [6, 6.07) is 5.94. The molecule has 0 aliphatic carbocycles. The summed E-state index contributed by atoms with van der Waals surface area (Å²) < 4.78 is 10.4. The second-order valence-electron chi connectivity index (χ2n) is 2.68. The molecule has 0 radical (unpaired) electrons. The molecule has 1 aliphatic rings. The van der Waals surface area contributed by atoms with Gasteiger partial charge >= 0.3 is 7.69 Å². The topological polar surface area (TPSA) is 18.5 Å². The number of allylic oxidation sites excluding steroid dienone is 1. The second-order valence-corrected chi connectivity index (χ2v) is 2.68. The van der Waals surface area contributed by atoms with Crippen LogP contribution >= 0.6 is 0 Å².